The lowest BCUT2D eigenvalue weighted by Gasteiger charge is -2.47. The third kappa shape index (κ3) is 4.40. The van der Waals surface area contributed by atoms with E-state index in [1.165, 1.54) is 6.92 Å². The zero-order chi connectivity index (χ0) is 31.3. The first kappa shape index (κ1) is 10.5. The summed E-state index contributed by atoms with van der Waals surface area (Å²) in [4.78, 5) is 27.6. The smallest absolute Gasteiger partial charge is 0.358 e. The Morgan fingerprint density at radius 1 is 1.24 bits per heavy atom. The minimum Gasteiger partial charge on any atom is -0.358 e. The summed E-state index contributed by atoms with van der Waals surface area (Å²) in [5.41, 5.74) is -3.71. The fourth-order valence-electron chi connectivity index (χ4n) is 3.07. The van der Waals surface area contributed by atoms with Gasteiger partial charge in [0.1, 0.15) is 5.72 Å². The highest BCUT2D eigenvalue weighted by Gasteiger charge is 2.43. The van der Waals surface area contributed by atoms with Crippen molar-refractivity contribution in [3.05, 3.63) is 40.7 Å². The van der Waals surface area contributed by atoms with Gasteiger partial charge in [0.05, 0.1) is 20.2 Å². The molecule has 0 spiro atoms. The lowest BCUT2D eigenvalue weighted by Crippen LogP contribution is -2.59. The number of methoxy groups -OCH3 is 1. The molecule has 0 unspecified atom stereocenters. The lowest BCUT2D eigenvalue weighted by molar-refractivity contribution is -0.128. The number of anilines is 1. The average molecular weight is 415 g/mol. The molecule has 1 aromatic carbocycles. The molecule has 0 saturated carbocycles. The SMILES string of the molecule is [2H]c1c([2H])c([2H])c(N(C(=O)CC)C2(OC([2H])([2H])[2H])CCN(C([2H])([2H])C([2H])([2H])n3nnn(CC)c3=O)CC2)c([2H])c1[2H]. The van der Waals surface area contributed by atoms with Crippen molar-refractivity contribution in [3.8, 4) is 0 Å². The molecular formula is C20H30N6O3. The molecular weight excluding hydrogens is 372 g/mol. The van der Waals surface area contributed by atoms with Crippen molar-refractivity contribution >= 4 is 11.6 Å². The van der Waals surface area contributed by atoms with Gasteiger partial charge in [-0.3, -0.25) is 9.69 Å². The first-order valence-corrected chi connectivity index (χ1v) is 9.16. The first-order valence-electron chi connectivity index (χ1n) is 15.2. The minimum absolute atomic E-state index is 0.0646. The van der Waals surface area contributed by atoms with Crippen LogP contribution in [0, 0.1) is 0 Å². The lowest BCUT2D eigenvalue weighted by atomic mass is 9.96. The van der Waals surface area contributed by atoms with Crippen molar-refractivity contribution in [2.24, 2.45) is 0 Å². The van der Waals surface area contributed by atoms with Crippen LogP contribution in [0.1, 0.15) is 49.6 Å². The van der Waals surface area contributed by atoms with Gasteiger partial charge in [-0.2, -0.15) is 9.36 Å². The molecule has 2 aromatic rings. The quantitative estimate of drug-likeness (QED) is 0.606. The number of tetrazole rings is 1. The van der Waals surface area contributed by atoms with Crippen molar-refractivity contribution in [2.75, 3.05) is 31.5 Å². The maximum atomic E-state index is 13.3. The molecule has 1 aromatic heterocycles. The summed E-state index contributed by atoms with van der Waals surface area (Å²) in [5.74, 6) is -0.817. The fraction of sp³-hybridized carbons (Fsp3) is 0.600. The highest BCUT2D eigenvalue weighted by molar-refractivity contribution is 5.94. The van der Waals surface area contributed by atoms with Crippen molar-refractivity contribution in [2.45, 2.75) is 51.9 Å². The van der Waals surface area contributed by atoms with E-state index in [1.54, 1.807) is 6.92 Å². The third-order valence-electron chi connectivity index (χ3n) is 4.66. The summed E-state index contributed by atoms with van der Waals surface area (Å²) in [7, 11) is -3.14. The zero-order valence-corrected chi connectivity index (χ0v) is 16.2. The number of carbonyl (C=O) groups is 1. The Morgan fingerprint density at radius 3 is 2.52 bits per heavy atom. The molecule has 2 heterocycles. The van der Waals surface area contributed by atoms with E-state index in [9.17, 15) is 9.59 Å². The molecule has 0 N–H and O–H groups in total. The Morgan fingerprint density at radius 2 is 1.93 bits per heavy atom. The van der Waals surface area contributed by atoms with Crippen LogP contribution in [0.15, 0.2) is 35.0 Å². The van der Waals surface area contributed by atoms with E-state index in [0.29, 0.717) is 0 Å². The number of ether oxygens (including phenoxy) is 1. The van der Waals surface area contributed by atoms with Crippen molar-refractivity contribution in [3.63, 3.8) is 0 Å². The van der Waals surface area contributed by atoms with Crippen LogP contribution < -0.4 is 10.6 Å². The number of hydrogen-bond acceptors (Lipinski definition) is 6. The summed E-state index contributed by atoms with van der Waals surface area (Å²) in [5, 5.41) is 7.00. The molecule has 1 fully saturated rings. The van der Waals surface area contributed by atoms with Gasteiger partial charge in [-0.15, -0.1) is 0 Å². The second kappa shape index (κ2) is 9.32. The van der Waals surface area contributed by atoms with Crippen LogP contribution in [0.4, 0.5) is 5.69 Å². The molecule has 29 heavy (non-hydrogen) atoms. The van der Waals surface area contributed by atoms with Gasteiger partial charge in [-0.1, -0.05) is 25.1 Å². The molecule has 158 valence electrons. The Hall–Kier alpha value is -2.52. The Labute approximate surface area is 187 Å². The Balaban J connectivity index is 2.11. The van der Waals surface area contributed by atoms with Crippen LogP contribution in [0.2, 0.25) is 0 Å². The van der Waals surface area contributed by atoms with Gasteiger partial charge in [-0.05, 0) is 29.4 Å². The molecule has 0 aliphatic carbocycles. The number of rotatable bonds is 8. The van der Waals surface area contributed by atoms with Gasteiger partial charge >= 0.3 is 5.69 Å². The largest absolute Gasteiger partial charge is 0.363 e. The summed E-state index contributed by atoms with van der Waals surface area (Å²) in [6.45, 7) is -3.75. The van der Waals surface area contributed by atoms with Crippen molar-refractivity contribution in [1.82, 2.24) is 24.7 Å². The number of nitrogens with zero attached hydrogens (tertiary/aromatic N) is 6. The van der Waals surface area contributed by atoms with Crippen LogP contribution in [-0.2, 0) is 22.6 Å². The second-order valence-electron chi connectivity index (χ2n) is 6.30. The number of para-hydroxylation sites is 1. The van der Waals surface area contributed by atoms with E-state index in [2.05, 4.69) is 10.4 Å². The molecule has 1 aliphatic heterocycles. The number of aromatic nitrogens is 4. The average Bonchev–Trinajstić information content (AvgIpc) is 3.28. The van der Waals surface area contributed by atoms with Crippen LogP contribution >= 0.6 is 0 Å². The van der Waals surface area contributed by atoms with Gasteiger partial charge in [-0.25, -0.2) is 4.79 Å². The molecule has 0 radical (unpaired) electrons. The zero-order valence-electron chi connectivity index (χ0n) is 28.2. The summed E-state index contributed by atoms with van der Waals surface area (Å²) >= 11 is 0. The van der Waals surface area contributed by atoms with Crippen LogP contribution in [0.25, 0.3) is 0 Å². The summed E-state index contributed by atoms with van der Waals surface area (Å²) in [6.07, 6.45) is -1.20. The van der Waals surface area contributed by atoms with Crippen molar-refractivity contribution in [1.29, 1.82) is 0 Å². The van der Waals surface area contributed by atoms with Crippen LogP contribution in [0.5, 0.6) is 0 Å². The van der Waals surface area contributed by atoms with Gasteiger partial charge in [0.15, 0.2) is 0 Å². The third-order valence-corrected chi connectivity index (χ3v) is 4.66. The Kier molecular flexibility index (Phi) is 3.37. The predicted molar refractivity (Wildman–Crippen MR) is 110 cm³/mol. The normalized spacial score (nSPS) is 24.1. The predicted octanol–water partition coefficient (Wildman–Crippen LogP) is 1.34. The van der Waals surface area contributed by atoms with Gasteiger partial charge in [0, 0.05) is 60.9 Å². The number of hydrogen-bond donors (Lipinski definition) is 0. The second-order valence-corrected chi connectivity index (χ2v) is 6.30. The van der Waals surface area contributed by atoms with Crippen LogP contribution in [-0.4, -0.2) is 62.9 Å². The maximum absolute atomic E-state index is 13.3. The molecule has 1 saturated heterocycles. The number of piperidine rings is 1. The number of benzene rings is 1. The molecule has 1 aliphatic rings. The summed E-state index contributed by atoms with van der Waals surface area (Å²) in [6, 6.07) is -3.77. The molecule has 1 amide bonds. The van der Waals surface area contributed by atoms with E-state index < -0.39 is 99.2 Å². The minimum atomic E-state index is -3.14. The van der Waals surface area contributed by atoms with E-state index in [4.69, 9.17) is 21.2 Å². The van der Waals surface area contributed by atoms with E-state index >= 15 is 0 Å². The van der Waals surface area contributed by atoms with Crippen LogP contribution in [0.3, 0.4) is 0 Å². The number of aryl methyl sites for hydroxylation is 2. The van der Waals surface area contributed by atoms with Gasteiger partial charge in [0.2, 0.25) is 5.91 Å². The van der Waals surface area contributed by atoms with Gasteiger partial charge < -0.3 is 9.64 Å². The summed E-state index contributed by atoms with van der Waals surface area (Å²) < 4.78 is 105. The highest BCUT2D eigenvalue weighted by Crippen LogP contribution is 2.34. The van der Waals surface area contributed by atoms with Crippen molar-refractivity contribution < 1.29 is 26.0 Å². The van der Waals surface area contributed by atoms with Gasteiger partial charge in [0.25, 0.3) is 0 Å². The number of amides is 1. The molecule has 9 heteroatoms. The first-order chi connectivity index (χ1) is 18.8. The fourth-order valence-corrected chi connectivity index (χ4v) is 3.07. The van der Waals surface area contributed by atoms with E-state index in [0.717, 1.165) is 14.5 Å². The monoisotopic (exact) mass is 414 g/mol. The number of likely N-dealkylation sites (tertiary alicyclic amines) is 1. The number of carbonyl (C=O) groups excluding carboxylic acids is 1. The molecule has 0 atom stereocenters. The topological polar surface area (TPSA) is 85.5 Å². The standard InChI is InChI=1S/C20H30N6O3/c1-4-18(27)26(17-9-7-6-8-10-17)20(29-3)11-13-23(14-12-20)15-16-25-19(28)24(5-2)21-22-25/h6-10H,4-5,11-16H2,1-3H3/i3D3,6D,7D,8D,9D,10D,15D2,16D2. The molecule has 9 nitrogen and oxygen atoms in total. The van der Waals surface area contributed by atoms with E-state index in [-0.39, 0.29) is 17.6 Å². The molecule has 3 rings (SSSR count). The highest BCUT2D eigenvalue weighted by atomic mass is 16.5. The molecule has 0 bridgehead atoms. The van der Waals surface area contributed by atoms with E-state index in [1.807, 2.05) is 0 Å². The Bertz CT molecular complexity index is 1340. The maximum Gasteiger partial charge on any atom is 0.363 e.